The molecular weight excluding hydrogens is 312 g/mol. The molecule has 1 unspecified atom stereocenters. The number of rotatable bonds is 9. The third kappa shape index (κ3) is 5.61. The predicted molar refractivity (Wildman–Crippen MR) is 102 cm³/mol. The maximum Gasteiger partial charge on any atom is 0.224 e. The number of methoxy groups -OCH3 is 1. The zero-order valence-corrected chi connectivity index (χ0v) is 15.4. The van der Waals surface area contributed by atoms with Crippen LogP contribution in [-0.2, 0) is 11.2 Å². The molecule has 0 aliphatic rings. The minimum Gasteiger partial charge on any atom is -0.497 e. The first-order chi connectivity index (χ1) is 12.2. The quantitative estimate of drug-likeness (QED) is 0.760. The molecule has 0 bridgehead atoms. The molecule has 0 saturated carbocycles. The summed E-state index contributed by atoms with van der Waals surface area (Å²) in [6, 6.07) is 18.2. The number of amides is 1. The van der Waals surface area contributed by atoms with Crippen molar-refractivity contribution in [2.75, 3.05) is 26.7 Å². The Bertz CT molecular complexity index is 654. The van der Waals surface area contributed by atoms with Crippen molar-refractivity contribution < 1.29 is 9.53 Å². The van der Waals surface area contributed by atoms with Crippen molar-refractivity contribution in [3.63, 3.8) is 0 Å². The van der Waals surface area contributed by atoms with Crippen LogP contribution >= 0.6 is 0 Å². The maximum atomic E-state index is 12.4. The highest BCUT2D eigenvalue weighted by atomic mass is 16.5. The van der Waals surface area contributed by atoms with E-state index >= 15 is 0 Å². The molecule has 2 rings (SSSR count). The van der Waals surface area contributed by atoms with Crippen molar-refractivity contribution in [3.05, 3.63) is 65.7 Å². The SMILES string of the molecule is CCN(CC)C(CNC(=O)Cc1cccc(OC)c1)c1ccccc1. The predicted octanol–water partition coefficient (Wildman–Crippen LogP) is 3.44. The van der Waals surface area contributed by atoms with Gasteiger partial charge in [-0.3, -0.25) is 9.69 Å². The van der Waals surface area contributed by atoms with Crippen LogP contribution in [0, 0.1) is 0 Å². The Morgan fingerprint density at radius 2 is 1.80 bits per heavy atom. The number of hydrogen-bond acceptors (Lipinski definition) is 3. The van der Waals surface area contributed by atoms with Gasteiger partial charge in [-0.2, -0.15) is 0 Å². The molecule has 0 saturated heterocycles. The zero-order chi connectivity index (χ0) is 18.1. The first kappa shape index (κ1) is 19.0. The van der Waals surface area contributed by atoms with E-state index in [9.17, 15) is 4.79 Å². The van der Waals surface area contributed by atoms with E-state index in [4.69, 9.17) is 4.74 Å². The number of nitrogens with one attached hydrogen (secondary N) is 1. The molecule has 0 aliphatic carbocycles. The fourth-order valence-electron chi connectivity index (χ4n) is 3.04. The number of likely N-dealkylation sites (N-methyl/N-ethyl adjacent to an activating group) is 1. The summed E-state index contributed by atoms with van der Waals surface area (Å²) < 4.78 is 5.21. The number of benzene rings is 2. The summed E-state index contributed by atoms with van der Waals surface area (Å²) in [4.78, 5) is 14.7. The van der Waals surface area contributed by atoms with Crippen LogP contribution in [-0.4, -0.2) is 37.6 Å². The molecule has 0 aromatic heterocycles. The Morgan fingerprint density at radius 1 is 1.08 bits per heavy atom. The van der Waals surface area contributed by atoms with Gasteiger partial charge in [0.15, 0.2) is 0 Å². The Hall–Kier alpha value is -2.33. The van der Waals surface area contributed by atoms with Gasteiger partial charge in [0.2, 0.25) is 5.91 Å². The van der Waals surface area contributed by atoms with Crippen LogP contribution in [0.2, 0.25) is 0 Å². The molecule has 1 N–H and O–H groups in total. The van der Waals surface area contributed by atoms with Crippen LogP contribution in [0.4, 0.5) is 0 Å². The van der Waals surface area contributed by atoms with Crippen molar-refractivity contribution in [2.24, 2.45) is 0 Å². The lowest BCUT2D eigenvalue weighted by molar-refractivity contribution is -0.120. The molecule has 0 fully saturated rings. The van der Waals surface area contributed by atoms with Gasteiger partial charge in [-0.25, -0.2) is 0 Å². The molecule has 4 nitrogen and oxygen atoms in total. The number of carbonyl (C=O) groups excluding carboxylic acids is 1. The molecule has 0 spiro atoms. The van der Waals surface area contributed by atoms with Crippen molar-refractivity contribution in [1.82, 2.24) is 10.2 Å². The molecule has 25 heavy (non-hydrogen) atoms. The van der Waals surface area contributed by atoms with Gasteiger partial charge < -0.3 is 10.1 Å². The number of carbonyl (C=O) groups is 1. The summed E-state index contributed by atoms with van der Waals surface area (Å²) in [6.07, 6.45) is 0.358. The number of hydrogen-bond donors (Lipinski definition) is 1. The van der Waals surface area contributed by atoms with Gasteiger partial charge in [-0.15, -0.1) is 0 Å². The average molecular weight is 340 g/mol. The van der Waals surface area contributed by atoms with E-state index in [1.54, 1.807) is 7.11 Å². The van der Waals surface area contributed by atoms with E-state index in [-0.39, 0.29) is 11.9 Å². The van der Waals surface area contributed by atoms with Crippen LogP contribution in [0.5, 0.6) is 5.75 Å². The van der Waals surface area contributed by atoms with Gasteiger partial charge in [0.05, 0.1) is 19.6 Å². The van der Waals surface area contributed by atoms with E-state index in [0.717, 1.165) is 24.4 Å². The second kappa shape index (κ2) is 9.84. The zero-order valence-electron chi connectivity index (χ0n) is 15.4. The third-order valence-corrected chi connectivity index (χ3v) is 4.43. The summed E-state index contributed by atoms with van der Waals surface area (Å²) in [6.45, 7) is 6.80. The first-order valence-electron chi connectivity index (χ1n) is 8.86. The average Bonchev–Trinajstić information content (AvgIpc) is 2.66. The van der Waals surface area contributed by atoms with Crippen LogP contribution in [0.1, 0.15) is 31.0 Å². The summed E-state index contributed by atoms with van der Waals surface area (Å²) in [5.74, 6) is 0.803. The van der Waals surface area contributed by atoms with E-state index < -0.39 is 0 Å². The Labute approximate surface area is 150 Å². The van der Waals surface area contributed by atoms with Crippen molar-refractivity contribution in [3.8, 4) is 5.75 Å². The van der Waals surface area contributed by atoms with Crippen molar-refractivity contribution >= 4 is 5.91 Å². The Morgan fingerprint density at radius 3 is 2.44 bits per heavy atom. The van der Waals surface area contributed by atoms with Gasteiger partial charge in [0.25, 0.3) is 0 Å². The third-order valence-electron chi connectivity index (χ3n) is 4.43. The monoisotopic (exact) mass is 340 g/mol. The summed E-state index contributed by atoms with van der Waals surface area (Å²) in [5, 5.41) is 3.09. The topological polar surface area (TPSA) is 41.6 Å². The van der Waals surface area contributed by atoms with E-state index in [2.05, 4.69) is 36.2 Å². The van der Waals surface area contributed by atoms with E-state index in [0.29, 0.717) is 13.0 Å². The van der Waals surface area contributed by atoms with Gasteiger partial charge in [0.1, 0.15) is 5.75 Å². The Kier molecular flexibility index (Phi) is 7.48. The van der Waals surface area contributed by atoms with Gasteiger partial charge >= 0.3 is 0 Å². The second-order valence-corrected chi connectivity index (χ2v) is 5.98. The van der Waals surface area contributed by atoms with Gasteiger partial charge in [-0.05, 0) is 36.3 Å². The van der Waals surface area contributed by atoms with Gasteiger partial charge in [-0.1, -0.05) is 56.3 Å². The Balaban J connectivity index is 2.00. The highest BCUT2D eigenvalue weighted by molar-refractivity contribution is 5.78. The lowest BCUT2D eigenvalue weighted by atomic mass is 10.0. The van der Waals surface area contributed by atoms with Crippen molar-refractivity contribution in [1.29, 1.82) is 0 Å². The normalized spacial score (nSPS) is 12.0. The molecule has 0 radical (unpaired) electrons. The first-order valence-corrected chi connectivity index (χ1v) is 8.86. The minimum absolute atomic E-state index is 0.0290. The number of nitrogens with zero attached hydrogens (tertiary/aromatic N) is 1. The largest absolute Gasteiger partial charge is 0.497 e. The second-order valence-electron chi connectivity index (χ2n) is 5.98. The summed E-state index contributed by atoms with van der Waals surface area (Å²) in [5.41, 5.74) is 2.18. The lowest BCUT2D eigenvalue weighted by Gasteiger charge is -2.30. The fourth-order valence-corrected chi connectivity index (χ4v) is 3.04. The molecule has 2 aromatic rings. The van der Waals surface area contributed by atoms with Crippen LogP contribution < -0.4 is 10.1 Å². The van der Waals surface area contributed by atoms with Crippen molar-refractivity contribution in [2.45, 2.75) is 26.3 Å². The molecule has 1 atom stereocenters. The standard InChI is InChI=1S/C21H28N2O2/c1-4-23(5-2)20(18-11-7-6-8-12-18)16-22-21(24)15-17-10-9-13-19(14-17)25-3/h6-14,20H,4-5,15-16H2,1-3H3,(H,22,24). The smallest absolute Gasteiger partial charge is 0.224 e. The maximum absolute atomic E-state index is 12.4. The molecule has 0 heterocycles. The minimum atomic E-state index is 0.0290. The van der Waals surface area contributed by atoms with E-state index in [1.165, 1.54) is 5.56 Å². The highest BCUT2D eigenvalue weighted by Crippen LogP contribution is 2.19. The lowest BCUT2D eigenvalue weighted by Crippen LogP contribution is -2.38. The molecule has 0 aliphatic heterocycles. The summed E-state index contributed by atoms with van der Waals surface area (Å²) >= 11 is 0. The highest BCUT2D eigenvalue weighted by Gasteiger charge is 2.18. The molecule has 134 valence electrons. The summed E-state index contributed by atoms with van der Waals surface area (Å²) in [7, 11) is 1.63. The number of ether oxygens (including phenoxy) is 1. The molecule has 4 heteroatoms. The van der Waals surface area contributed by atoms with E-state index in [1.807, 2.05) is 42.5 Å². The van der Waals surface area contributed by atoms with Crippen LogP contribution in [0.15, 0.2) is 54.6 Å². The van der Waals surface area contributed by atoms with Crippen LogP contribution in [0.25, 0.3) is 0 Å². The van der Waals surface area contributed by atoms with Crippen LogP contribution in [0.3, 0.4) is 0 Å². The molecular formula is C21H28N2O2. The van der Waals surface area contributed by atoms with Gasteiger partial charge in [0, 0.05) is 6.54 Å². The fraction of sp³-hybridized carbons (Fsp3) is 0.381. The molecule has 2 aromatic carbocycles. The molecule has 1 amide bonds.